The second-order valence-corrected chi connectivity index (χ2v) is 9.35. The second-order valence-electron chi connectivity index (χ2n) is 8.56. The average molecular weight is 550 g/mol. The summed E-state index contributed by atoms with van der Waals surface area (Å²) in [5.41, 5.74) is 5.77. The van der Waals surface area contributed by atoms with Crippen LogP contribution in [0.4, 0.5) is 0 Å². The maximum atomic E-state index is 9.17. The smallest absolute Gasteiger partial charge is 0.142 e. The molecule has 0 aliphatic heterocycles. The van der Waals surface area contributed by atoms with E-state index < -0.39 is 0 Å². The molecular weight excluding hydrogens is 525 g/mol. The van der Waals surface area contributed by atoms with E-state index in [0.29, 0.717) is 45.7 Å². The summed E-state index contributed by atoms with van der Waals surface area (Å²) in [4.78, 5) is 0. The Kier molecular flexibility index (Phi) is 8.41. The van der Waals surface area contributed by atoms with Crippen molar-refractivity contribution in [2.75, 3.05) is 13.2 Å². The van der Waals surface area contributed by atoms with E-state index in [-0.39, 0.29) is 19.8 Å². The van der Waals surface area contributed by atoms with Gasteiger partial charge in [-0.25, -0.2) is 4.63 Å². The zero-order valence-corrected chi connectivity index (χ0v) is 21.9. The van der Waals surface area contributed by atoms with Crippen LogP contribution >= 0.6 is 23.2 Å². The third-order valence-electron chi connectivity index (χ3n) is 6.02. The van der Waals surface area contributed by atoms with Gasteiger partial charge in [0.25, 0.3) is 0 Å². The Labute approximate surface area is 229 Å². The van der Waals surface area contributed by atoms with Gasteiger partial charge in [0.05, 0.1) is 16.7 Å². The average Bonchev–Trinajstić information content (AvgIpc) is 3.43. The Balaban J connectivity index is 1.38. The van der Waals surface area contributed by atoms with Crippen LogP contribution in [-0.4, -0.2) is 28.6 Å². The summed E-state index contributed by atoms with van der Waals surface area (Å²) in [5, 5.41) is 21.3. The molecule has 0 spiro atoms. The van der Waals surface area contributed by atoms with Gasteiger partial charge in [-0.15, -0.1) is 0 Å². The molecule has 194 valence electrons. The number of aliphatic hydroxyl groups is 1. The minimum absolute atomic E-state index is 0.0229. The Morgan fingerprint density at radius 3 is 2.39 bits per heavy atom. The zero-order valence-electron chi connectivity index (χ0n) is 20.4. The largest absolute Gasteiger partial charge is 0.488 e. The minimum Gasteiger partial charge on any atom is -0.488 e. The summed E-state index contributed by atoms with van der Waals surface area (Å²) in [6.45, 7) is 1.39. The highest BCUT2D eigenvalue weighted by Gasteiger charge is 2.15. The van der Waals surface area contributed by atoms with Gasteiger partial charge in [0.2, 0.25) is 0 Å². The van der Waals surface area contributed by atoms with Crippen molar-refractivity contribution in [3.8, 4) is 22.6 Å². The molecular formula is C29H25Cl2N3O4. The first-order valence-electron chi connectivity index (χ1n) is 12.1. The molecule has 5 rings (SSSR count). The number of nitrogens with one attached hydrogen (secondary N) is 1. The molecule has 0 saturated carbocycles. The molecule has 0 bridgehead atoms. The predicted octanol–water partition coefficient (Wildman–Crippen LogP) is 6.44. The highest BCUT2D eigenvalue weighted by Crippen LogP contribution is 2.36. The minimum atomic E-state index is 0.0229. The number of nitrogens with zero attached hydrogens (tertiary/aromatic N) is 2. The molecule has 1 aromatic heterocycles. The van der Waals surface area contributed by atoms with Crippen LogP contribution in [0.25, 0.3) is 22.2 Å². The summed E-state index contributed by atoms with van der Waals surface area (Å²) < 4.78 is 17.2. The van der Waals surface area contributed by atoms with Crippen LogP contribution < -0.4 is 14.8 Å². The van der Waals surface area contributed by atoms with Crippen LogP contribution in [0.5, 0.6) is 11.5 Å². The fourth-order valence-corrected chi connectivity index (χ4v) is 4.61. The van der Waals surface area contributed by atoms with Crippen LogP contribution in [0.2, 0.25) is 10.0 Å². The van der Waals surface area contributed by atoms with Gasteiger partial charge in [-0.1, -0.05) is 83.9 Å². The van der Waals surface area contributed by atoms with Gasteiger partial charge in [0.15, 0.2) is 0 Å². The first kappa shape index (κ1) is 26.0. The molecule has 0 amide bonds. The van der Waals surface area contributed by atoms with Crippen molar-refractivity contribution < 1.29 is 19.2 Å². The Morgan fingerprint density at radius 1 is 0.789 bits per heavy atom. The number of aliphatic hydroxyl groups excluding tert-OH is 1. The fourth-order valence-electron chi connectivity index (χ4n) is 4.08. The number of ether oxygens (including phenoxy) is 2. The molecule has 0 unspecified atom stereocenters. The molecule has 0 saturated heterocycles. The molecule has 0 atom stereocenters. The third kappa shape index (κ3) is 5.92. The Bertz CT molecular complexity index is 1530. The van der Waals surface area contributed by atoms with Gasteiger partial charge in [-0.2, -0.15) is 0 Å². The number of hydrogen-bond donors (Lipinski definition) is 2. The molecule has 2 N–H and O–H groups in total. The van der Waals surface area contributed by atoms with E-state index in [1.54, 1.807) is 12.1 Å². The molecule has 9 heteroatoms. The van der Waals surface area contributed by atoms with Gasteiger partial charge < -0.3 is 19.9 Å². The fraction of sp³-hybridized carbons (Fsp3) is 0.172. The predicted molar refractivity (Wildman–Crippen MR) is 148 cm³/mol. The second kappa shape index (κ2) is 12.3. The lowest BCUT2D eigenvalue weighted by atomic mass is 10.0. The van der Waals surface area contributed by atoms with Crippen molar-refractivity contribution in [1.82, 2.24) is 15.6 Å². The number of rotatable bonds is 11. The topological polar surface area (TPSA) is 89.6 Å². The van der Waals surface area contributed by atoms with Crippen molar-refractivity contribution in [2.45, 2.75) is 19.8 Å². The lowest BCUT2D eigenvalue weighted by Gasteiger charge is -2.17. The van der Waals surface area contributed by atoms with E-state index in [2.05, 4.69) is 15.6 Å². The zero-order chi connectivity index (χ0) is 26.3. The molecule has 38 heavy (non-hydrogen) atoms. The van der Waals surface area contributed by atoms with Gasteiger partial charge in [-0.3, -0.25) is 0 Å². The summed E-state index contributed by atoms with van der Waals surface area (Å²) in [6, 6.07) is 25.0. The highest BCUT2D eigenvalue weighted by molar-refractivity contribution is 6.34. The van der Waals surface area contributed by atoms with Crippen LogP contribution in [-0.2, 0) is 19.8 Å². The number of hydrogen-bond acceptors (Lipinski definition) is 7. The van der Waals surface area contributed by atoms with Crippen molar-refractivity contribution >= 4 is 34.2 Å². The van der Waals surface area contributed by atoms with Crippen LogP contribution in [0, 0.1) is 0 Å². The monoisotopic (exact) mass is 549 g/mol. The highest BCUT2D eigenvalue weighted by atomic mass is 35.5. The maximum absolute atomic E-state index is 9.17. The van der Waals surface area contributed by atoms with Crippen molar-refractivity contribution in [2.24, 2.45) is 0 Å². The van der Waals surface area contributed by atoms with Crippen molar-refractivity contribution in [1.29, 1.82) is 0 Å². The number of fused-ring (bicyclic) bond motifs is 1. The van der Waals surface area contributed by atoms with Crippen LogP contribution in [0.1, 0.15) is 16.7 Å². The normalized spacial score (nSPS) is 11.1. The van der Waals surface area contributed by atoms with Gasteiger partial charge in [0.1, 0.15) is 35.7 Å². The summed E-state index contributed by atoms with van der Waals surface area (Å²) in [7, 11) is 0. The lowest BCUT2D eigenvalue weighted by molar-refractivity contribution is 0.282. The van der Waals surface area contributed by atoms with E-state index in [0.717, 1.165) is 27.8 Å². The van der Waals surface area contributed by atoms with E-state index in [1.165, 1.54) is 0 Å². The number of aromatic nitrogens is 2. The van der Waals surface area contributed by atoms with E-state index in [1.807, 2.05) is 66.7 Å². The van der Waals surface area contributed by atoms with Crippen LogP contribution in [0.3, 0.4) is 0 Å². The first-order chi connectivity index (χ1) is 18.6. The molecule has 4 aromatic carbocycles. The summed E-state index contributed by atoms with van der Waals surface area (Å²) >= 11 is 13.4. The molecule has 5 aromatic rings. The van der Waals surface area contributed by atoms with Crippen molar-refractivity contribution in [3.05, 3.63) is 106 Å². The van der Waals surface area contributed by atoms with Crippen LogP contribution in [0.15, 0.2) is 83.5 Å². The summed E-state index contributed by atoms with van der Waals surface area (Å²) in [5.74, 6) is 1.06. The Hall–Kier alpha value is -3.62. The molecule has 0 aliphatic carbocycles. The molecule has 0 radical (unpaired) electrons. The van der Waals surface area contributed by atoms with Crippen molar-refractivity contribution in [3.63, 3.8) is 0 Å². The molecule has 1 heterocycles. The number of halogens is 2. The SMILES string of the molecule is OCCNCc1cc(Cl)c(OCc2cccc(-c3ccccc3)c2Cl)cc1OCc1cccc2nonc12. The quantitative estimate of drug-likeness (QED) is 0.183. The van der Waals surface area contributed by atoms with E-state index in [4.69, 9.17) is 42.4 Å². The Morgan fingerprint density at radius 2 is 1.55 bits per heavy atom. The summed E-state index contributed by atoms with van der Waals surface area (Å²) in [6.07, 6.45) is 0. The number of benzene rings is 4. The molecule has 0 fully saturated rings. The maximum Gasteiger partial charge on any atom is 0.142 e. The third-order valence-corrected chi connectivity index (χ3v) is 6.76. The lowest BCUT2D eigenvalue weighted by Crippen LogP contribution is -2.18. The molecule has 0 aliphatic rings. The van der Waals surface area contributed by atoms with Gasteiger partial charge >= 0.3 is 0 Å². The van der Waals surface area contributed by atoms with Gasteiger partial charge in [0, 0.05) is 41.4 Å². The first-order valence-corrected chi connectivity index (χ1v) is 12.8. The van der Waals surface area contributed by atoms with E-state index in [9.17, 15) is 0 Å². The van der Waals surface area contributed by atoms with E-state index >= 15 is 0 Å². The molecule has 7 nitrogen and oxygen atoms in total. The standard InChI is InChI=1S/C29H25Cl2N3O4/c30-24-14-22(16-32-12-13-35)26(36-18-21-9-5-11-25-29(21)34-38-33-25)15-27(24)37-17-20-8-4-10-23(28(20)31)19-6-2-1-3-7-19/h1-11,14-15,32,35H,12-13,16-18H2. The van der Waals surface area contributed by atoms with Gasteiger partial charge in [-0.05, 0) is 28.0 Å².